The van der Waals surface area contributed by atoms with Crippen molar-refractivity contribution in [1.82, 2.24) is 0 Å². The molecular weight excluding hydrogens is 446 g/mol. The van der Waals surface area contributed by atoms with Gasteiger partial charge in [0.15, 0.2) is 12.4 Å². The van der Waals surface area contributed by atoms with Crippen LogP contribution in [-0.4, -0.2) is 30.7 Å². The van der Waals surface area contributed by atoms with E-state index in [1.54, 1.807) is 0 Å². The van der Waals surface area contributed by atoms with Crippen molar-refractivity contribution in [3.63, 3.8) is 0 Å². The smallest absolute Gasteiger partial charge is 0.442 e. The van der Waals surface area contributed by atoms with Crippen LogP contribution in [0.4, 0.5) is 26.3 Å². The summed E-state index contributed by atoms with van der Waals surface area (Å²) in [5.41, 5.74) is -6.29. The molecule has 2 aliphatic heterocycles. The molecule has 7 nitrogen and oxygen atoms in total. The molecule has 0 radical (unpaired) electrons. The van der Waals surface area contributed by atoms with Crippen LogP contribution in [0.1, 0.15) is 31.8 Å². The van der Waals surface area contributed by atoms with Gasteiger partial charge in [-0.3, -0.25) is 4.79 Å². The van der Waals surface area contributed by atoms with Crippen molar-refractivity contribution in [3.8, 4) is 0 Å². The van der Waals surface area contributed by atoms with Crippen LogP contribution in [0, 0.1) is 0 Å². The van der Waals surface area contributed by atoms with E-state index in [2.05, 4.69) is 20.5 Å². The van der Waals surface area contributed by atoms with Crippen molar-refractivity contribution in [1.29, 1.82) is 0 Å². The largest absolute Gasteiger partial charge is 0.454 e. The van der Waals surface area contributed by atoms with Gasteiger partial charge in [-0.25, -0.2) is 4.79 Å². The minimum atomic E-state index is -4.77. The zero-order valence-electron chi connectivity index (χ0n) is 15.6. The number of rotatable bonds is 6. The fourth-order valence-electron chi connectivity index (χ4n) is 2.93. The monoisotopic (exact) mass is 456 g/mol. The lowest BCUT2D eigenvalue weighted by Gasteiger charge is -2.15. The van der Waals surface area contributed by atoms with Gasteiger partial charge in [0, 0.05) is 16.7 Å². The number of carbonyl (C=O) groups is 2. The molecule has 0 N–H and O–H groups in total. The molecule has 0 aliphatic carbocycles. The minimum Gasteiger partial charge on any atom is -0.454 e. The van der Waals surface area contributed by atoms with E-state index in [9.17, 15) is 35.9 Å². The van der Waals surface area contributed by atoms with E-state index in [4.69, 9.17) is 4.74 Å². The Kier molecular flexibility index (Phi) is 4.68. The maximum absolute atomic E-state index is 13.1. The number of nitrogens with zero attached hydrogens (tertiary/aromatic N) is 4. The predicted molar refractivity (Wildman–Crippen MR) is 92.7 cm³/mol. The third-order valence-corrected chi connectivity index (χ3v) is 4.84. The Morgan fingerprint density at radius 2 is 1.28 bits per heavy atom. The Bertz CT molecular complexity index is 1140. The molecule has 0 unspecified atom stereocenters. The summed E-state index contributed by atoms with van der Waals surface area (Å²) in [5.74, 6) is -1.80. The molecule has 0 saturated heterocycles. The van der Waals surface area contributed by atoms with Crippen LogP contribution in [0.5, 0.6) is 0 Å². The SMILES string of the molecule is O=C(COC(=O)c1cccc(C2(C(F)(F)F)N=N2)c1)c1ccc(C2(C(F)(F)F)N=N2)cc1. The Morgan fingerprint density at radius 3 is 1.78 bits per heavy atom. The molecule has 2 heterocycles. The third-order valence-electron chi connectivity index (χ3n) is 4.84. The normalized spacial score (nSPS) is 17.7. The fraction of sp³-hybridized carbons (Fsp3) is 0.263. The van der Waals surface area contributed by atoms with Crippen LogP contribution < -0.4 is 0 Å². The Hall–Kier alpha value is -3.64. The Morgan fingerprint density at radius 1 is 0.750 bits per heavy atom. The van der Waals surface area contributed by atoms with Gasteiger partial charge >= 0.3 is 29.6 Å². The Labute approximate surface area is 174 Å². The van der Waals surface area contributed by atoms with E-state index in [0.29, 0.717) is 0 Å². The van der Waals surface area contributed by atoms with Crippen LogP contribution in [0.15, 0.2) is 69.0 Å². The molecule has 0 bridgehead atoms. The first kappa shape index (κ1) is 21.6. The van der Waals surface area contributed by atoms with Crippen molar-refractivity contribution < 1.29 is 40.7 Å². The molecule has 2 aromatic rings. The van der Waals surface area contributed by atoms with E-state index < -0.39 is 42.0 Å². The second-order valence-corrected chi connectivity index (χ2v) is 6.90. The second kappa shape index (κ2) is 6.93. The predicted octanol–water partition coefficient (Wildman–Crippen LogP) is 5.09. The van der Waals surface area contributed by atoms with E-state index in [-0.39, 0.29) is 22.3 Å². The lowest BCUT2D eigenvalue weighted by molar-refractivity contribution is -0.166. The first-order chi connectivity index (χ1) is 14.9. The maximum atomic E-state index is 13.1. The molecule has 0 saturated carbocycles. The zero-order valence-corrected chi connectivity index (χ0v) is 15.6. The molecule has 13 heteroatoms. The molecule has 2 aromatic carbocycles. The zero-order chi connectivity index (χ0) is 23.4. The molecule has 32 heavy (non-hydrogen) atoms. The molecule has 0 atom stereocenters. The molecule has 4 rings (SSSR count). The first-order valence-electron chi connectivity index (χ1n) is 8.83. The molecule has 0 aromatic heterocycles. The Balaban J connectivity index is 1.40. The summed E-state index contributed by atoms with van der Waals surface area (Å²) in [7, 11) is 0. The summed E-state index contributed by atoms with van der Waals surface area (Å²) in [6, 6.07) is 8.66. The van der Waals surface area contributed by atoms with Crippen LogP contribution >= 0.6 is 0 Å². The average molecular weight is 456 g/mol. The van der Waals surface area contributed by atoms with Crippen molar-refractivity contribution in [2.75, 3.05) is 6.61 Å². The second-order valence-electron chi connectivity index (χ2n) is 6.90. The number of ketones is 1. The number of ether oxygens (including phenoxy) is 1. The van der Waals surface area contributed by atoms with Gasteiger partial charge in [0.1, 0.15) is 0 Å². The van der Waals surface area contributed by atoms with Gasteiger partial charge in [-0.05, 0) is 12.1 Å². The van der Waals surface area contributed by atoms with Gasteiger partial charge in [0.05, 0.1) is 5.56 Å². The average Bonchev–Trinajstić information content (AvgIpc) is 3.63. The van der Waals surface area contributed by atoms with Crippen molar-refractivity contribution in [3.05, 3.63) is 70.8 Å². The van der Waals surface area contributed by atoms with Gasteiger partial charge in [-0.15, -0.1) is 20.5 Å². The summed E-state index contributed by atoms with van der Waals surface area (Å²) < 4.78 is 83.1. The number of alkyl halides is 6. The van der Waals surface area contributed by atoms with Crippen molar-refractivity contribution in [2.45, 2.75) is 23.7 Å². The van der Waals surface area contributed by atoms with Crippen LogP contribution in [0.25, 0.3) is 0 Å². The minimum absolute atomic E-state index is 0.0418. The summed E-state index contributed by atoms with van der Waals surface area (Å²) in [6.07, 6.45) is -9.49. The first-order valence-corrected chi connectivity index (χ1v) is 8.83. The summed E-state index contributed by atoms with van der Waals surface area (Å²) in [5, 5.41) is 12.2. The quantitative estimate of drug-likeness (QED) is 0.344. The number of hydrogen-bond acceptors (Lipinski definition) is 7. The van der Waals surface area contributed by atoms with Gasteiger partial charge in [0.25, 0.3) is 0 Å². The van der Waals surface area contributed by atoms with E-state index in [1.165, 1.54) is 12.1 Å². The highest BCUT2D eigenvalue weighted by molar-refractivity contribution is 5.99. The fourth-order valence-corrected chi connectivity index (χ4v) is 2.93. The van der Waals surface area contributed by atoms with E-state index in [0.717, 1.165) is 36.4 Å². The summed E-state index contributed by atoms with van der Waals surface area (Å²) in [4.78, 5) is 24.4. The number of Topliss-reactive ketones (excluding diaryl/α,β-unsaturated/α-hetero) is 1. The van der Waals surface area contributed by atoms with E-state index >= 15 is 0 Å². The molecule has 0 spiro atoms. The van der Waals surface area contributed by atoms with Crippen LogP contribution in [0.2, 0.25) is 0 Å². The van der Waals surface area contributed by atoms with Crippen molar-refractivity contribution >= 4 is 11.8 Å². The van der Waals surface area contributed by atoms with Gasteiger partial charge in [-0.2, -0.15) is 26.3 Å². The summed E-state index contributed by atoms with van der Waals surface area (Å²) >= 11 is 0. The molecule has 2 aliphatic rings. The lowest BCUT2D eigenvalue weighted by Crippen LogP contribution is -2.30. The highest BCUT2D eigenvalue weighted by atomic mass is 19.4. The summed E-state index contributed by atoms with van der Waals surface area (Å²) in [6.45, 7) is -0.777. The van der Waals surface area contributed by atoms with E-state index in [1.807, 2.05) is 0 Å². The topological polar surface area (TPSA) is 92.8 Å². The number of hydrogen-bond donors (Lipinski definition) is 0. The van der Waals surface area contributed by atoms with Gasteiger partial charge in [0.2, 0.25) is 0 Å². The molecule has 0 amide bonds. The highest BCUT2D eigenvalue weighted by Crippen LogP contribution is 2.53. The van der Waals surface area contributed by atoms with Gasteiger partial charge in [-0.1, -0.05) is 36.4 Å². The van der Waals surface area contributed by atoms with Crippen LogP contribution in [0.3, 0.4) is 0 Å². The number of benzene rings is 2. The molecule has 0 fully saturated rings. The number of halogens is 6. The molecular formula is C19H10F6N4O3. The third kappa shape index (κ3) is 3.52. The van der Waals surface area contributed by atoms with Gasteiger partial charge < -0.3 is 4.74 Å². The molecule has 166 valence electrons. The highest BCUT2D eigenvalue weighted by Gasteiger charge is 2.66. The standard InChI is InChI=1S/C19H10F6N4O3/c20-18(21,22)16(26-27-16)12-6-4-10(5-7-12)14(30)9-32-15(31)11-2-1-3-13(8-11)17(28-29-17)19(23,24)25/h1-8H,9H2. The number of carbonyl (C=O) groups excluding carboxylic acids is 2. The van der Waals surface area contributed by atoms with Crippen LogP contribution in [-0.2, 0) is 16.1 Å². The van der Waals surface area contributed by atoms with Crippen molar-refractivity contribution in [2.24, 2.45) is 20.5 Å². The number of esters is 1. The maximum Gasteiger partial charge on any atom is 0.442 e. The lowest BCUT2D eigenvalue weighted by atomic mass is 10.00.